The van der Waals surface area contributed by atoms with Crippen molar-refractivity contribution in [2.24, 2.45) is 11.6 Å². The minimum absolute atomic E-state index is 0.0632. The van der Waals surface area contributed by atoms with Crippen molar-refractivity contribution < 1.29 is 19.8 Å². The fourth-order valence-electron chi connectivity index (χ4n) is 0.391. The van der Waals surface area contributed by atoms with Crippen LogP contribution < -0.4 is 17.0 Å². The zero-order valence-corrected chi connectivity index (χ0v) is 7.49. The van der Waals surface area contributed by atoms with Crippen molar-refractivity contribution in [1.82, 2.24) is 5.43 Å². The zero-order valence-electron chi connectivity index (χ0n) is 7.49. The van der Waals surface area contributed by atoms with Crippen molar-refractivity contribution in [3.05, 3.63) is 0 Å². The van der Waals surface area contributed by atoms with Crippen molar-refractivity contribution in [3.8, 4) is 0 Å². The van der Waals surface area contributed by atoms with Gasteiger partial charge in [-0.3, -0.25) is 20.4 Å². The summed E-state index contributed by atoms with van der Waals surface area (Å²) in [7, 11) is 0. The van der Waals surface area contributed by atoms with Gasteiger partial charge >= 0.3 is 11.9 Å². The Hall–Kier alpha value is -1.83. The molecule has 0 bridgehead atoms. The van der Waals surface area contributed by atoms with Gasteiger partial charge in [0, 0.05) is 12.8 Å². The number of hydrogen-bond donors (Lipinski definition) is 6. The number of rotatable bonds is 4. The number of aliphatic carboxylic acids is 2. The largest absolute Gasteiger partial charge is 0.481 e. The summed E-state index contributed by atoms with van der Waals surface area (Å²) in [6.07, 6.45) is 0.0866. The van der Waals surface area contributed by atoms with Gasteiger partial charge in [-0.05, 0) is 6.42 Å². The predicted octanol–water partition coefficient (Wildman–Crippen LogP) is -1.33. The summed E-state index contributed by atoms with van der Waals surface area (Å²) >= 11 is 0. The van der Waals surface area contributed by atoms with Gasteiger partial charge in [-0.25, -0.2) is 5.84 Å². The Morgan fingerprint density at radius 1 is 1.21 bits per heavy atom. The van der Waals surface area contributed by atoms with Gasteiger partial charge in [0.2, 0.25) is 0 Å². The maximum atomic E-state index is 9.79. The topological polar surface area (TPSA) is 163 Å². The van der Waals surface area contributed by atoms with Crippen LogP contribution in [0.15, 0.2) is 0 Å². The number of nitrogens with one attached hydrogen (secondary N) is 2. The lowest BCUT2D eigenvalue weighted by Gasteiger charge is -1.89. The molecular formula is C6H14N4O4. The van der Waals surface area contributed by atoms with Crippen LogP contribution in [0.5, 0.6) is 0 Å². The van der Waals surface area contributed by atoms with E-state index in [9.17, 15) is 9.59 Å². The molecule has 0 atom stereocenters. The first-order chi connectivity index (χ1) is 6.40. The molecule has 0 heterocycles. The molecule has 0 amide bonds. The lowest BCUT2D eigenvalue weighted by Crippen LogP contribution is -2.35. The molecular weight excluding hydrogens is 192 g/mol. The van der Waals surface area contributed by atoms with Crippen molar-refractivity contribution in [2.75, 3.05) is 0 Å². The van der Waals surface area contributed by atoms with Crippen LogP contribution in [0.25, 0.3) is 0 Å². The molecule has 0 aromatic heterocycles. The van der Waals surface area contributed by atoms with E-state index in [-0.39, 0.29) is 25.2 Å². The van der Waals surface area contributed by atoms with Gasteiger partial charge in [0.15, 0.2) is 5.96 Å². The second-order valence-corrected chi connectivity index (χ2v) is 2.20. The lowest BCUT2D eigenvalue weighted by atomic mass is 10.2. The normalized spacial score (nSPS) is 8.07. The van der Waals surface area contributed by atoms with Crippen LogP contribution in [0.1, 0.15) is 19.3 Å². The molecule has 0 aliphatic rings. The summed E-state index contributed by atoms with van der Waals surface area (Å²) in [5.74, 6) is 2.46. The number of hydrogen-bond acceptors (Lipinski definition) is 4. The Morgan fingerprint density at radius 2 is 1.50 bits per heavy atom. The molecule has 0 aromatic rings. The average molecular weight is 206 g/mol. The summed E-state index contributed by atoms with van der Waals surface area (Å²) in [5.41, 5.74) is 6.53. The maximum absolute atomic E-state index is 9.79. The van der Waals surface area contributed by atoms with Crippen LogP contribution in [-0.2, 0) is 9.59 Å². The molecule has 0 saturated carbocycles. The highest BCUT2D eigenvalue weighted by atomic mass is 16.4. The Kier molecular flexibility index (Phi) is 9.71. The van der Waals surface area contributed by atoms with Crippen molar-refractivity contribution in [3.63, 3.8) is 0 Å². The fourth-order valence-corrected chi connectivity index (χ4v) is 0.391. The Morgan fingerprint density at radius 3 is 1.64 bits per heavy atom. The first kappa shape index (κ1) is 14.7. The Labute approximate surface area is 80.4 Å². The predicted molar refractivity (Wildman–Crippen MR) is 48.4 cm³/mol. The quantitative estimate of drug-likeness (QED) is 0.143. The highest BCUT2D eigenvalue weighted by Gasteiger charge is 1.99. The van der Waals surface area contributed by atoms with Gasteiger partial charge in [-0.15, -0.1) is 0 Å². The third kappa shape index (κ3) is 22.5. The second kappa shape index (κ2) is 9.26. The third-order valence-corrected chi connectivity index (χ3v) is 0.937. The van der Waals surface area contributed by atoms with Crippen molar-refractivity contribution in [2.45, 2.75) is 19.3 Å². The molecule has 8 N–H and O–H groups in total. The number of hydrazine groups is 1. The fraction of sp³-hybridized carbons (Fsp3) is 0.500. The highest BCUT2D eigenvalue weighted by Crippen LogP contribution is 1.93. The van der Waals surface area contributed by atoms with Crippen LogP contribution in [0.4, 0.5) is 0 Å². The average Bonchev–Trinajstić information content (AvgIpc) is 2.04. The molecule has 0 aromatic carbocycles. The van der Waals surface area contributed by atoms with E-state index >= 15 is 0 Å². The smallest absolute Gasteiger partial charge is 0.303 e. The maximum Gasteiger partial charge on any atom is 0.303 e. The molecule has 0 radical (unpaired) electrons. The van der Waals surface area contributed by atoms with Gasteiger partial charge < -0.3 is 15.9 Å². The Balaban J connectivity index is 0. The Bertz CT molecular complexity index is 192. The third-order valence-electron chi connectivity index (χ3n) is 0.937. The van der Waals surface area contributed by atoms with Gasteiger partial charge in [-0.2, -0.15) is 0 Å². The monoisotopic (exact) mass is 206 g/mol. The molecule has 0 rings (SSSR count). The van der Waals surface area contributed by atoms with Crippen molar-refractivity contribution >= 4 is 17.9 Å². The molecule has 0 unspecified atom stereocenters. The number of nitrogens with two attached hydrogens (primary N) is 2. The SMILES string of the molecule is N=C(N)NN.O=C(O)CCCC(=O)O. The van der Waals surface area contributed by atoms with Crippen molar-refractivity contribution in [1.29, 1.82) is 5.41 Å². The minimum atomic E-state index is -0.948. The molecule has 14 heavy (non-hydrogen) atoms. The van der Waals surface area contributed by atoms with Crippen LogP contribution in [-0.4, -0.2) is 28.1 Å². The van der Waals surface area contributed by atoms with E-state index in [0.717, 1.165) is 0 Å². The van der Waals surface area contributed by atoms with Crippen LogP contribution in [0, 0.1) is 5.41 Å². The molecule has 0 aliphatic carbocycles. The molecule has 8 nitrogen and oxygen atoms in total. The summed E-state index contributed by atoms with van der Waals surface area (Å²) in [6, 6.07) is 0. The van der Waals surface area contributed by atoms with Gasteiger partial charge in [0.1, 0.15) is 0 Å². The molecule has 0 fully saturated rings. The van der Waals surface area contributed by atoms with Gasteiger partial charge in [0.25, 0.3) is 0 Å². The van der Waals surface area contributed by atoms with Crippen LogP contribution >= 0.6 is 0 Å². The van der Waals surface area contributed by atoms with Gasteiger partial charge in [0.05, 0.1) is 0 Å². The van der Waals surface area contributed by atoms with Crippen LogP contribution in [0.3, 0.4) is 0 Å². The summed E-state index contributed by atoms with van der Waals surface area (Å²) in [5, 5.41) is 22.4. The number of guanidine groups is 1. The van der Waals surface area contributed by atoms with Gasteiger partial charge in [-0.1, -0.05) is 0 Å². The minimum Gasteiger partial charge on any atom is -0.481 e. The first-order valence-corrected chi connectivity index (χ1v) is 3.64. The van der Waals surface area contributed by atoms with Crippen LogP contribution in [0.2, 0.25) is 0 Å². The number of carboxylic acid groups (broad SMARTS) is 2. The summed E-state index contributed by atoms with van der Waals surface area (Å²) in [6.45, 7) is 0. The second-order valence-electron chi connectivity index (χ2n) is 2.20. The zero-order chi connectivity index (χ0) is 11.6. The van der Waals surface area contributed by atoms with E-state index in [0.29, 0.717) is 0 Å². The van der Waals surface area contributed by atoms with E-state index in [1.165, 1.54) is 0 Å². The number of carboxylic acids is 2. The van der Waals surface area contributed by atoms with E-state index in [4.69, 9.17) is 15.6 Å². The molecule has 0 spiro atoms. The highest BCUT2D eigenvalue weighted by molar-refractivity contribution is 5.73. The molecule has 0 aliphatic heterocycles. The lowest BCUT2D eigenvalue weighted by molar-refractivity contribution is -0.138. The molecule has 0 saturated heterocycles. The number of carbonyl (C=O) groups is 2. The first-order valence-electron chi connectivity index (χ1n) is 3.64. The summed E-state index contributed by atoms with van der Waals surface area (Å²) < 4.78 is 0. The van der Waals surface area contributed by atoms with E-state index in [1.807, 2.05) is 5.43 Å². The van der Waals surface area contributed by atoms with E-state index in [1.54, 1.807) is 0 Å². The molecule has 8 heteroatoms. The summed E-state index contributed by atoms with van der Waals surface area (Å²) in [4.78, 5) is 19.6. The standard InChI is InChI=1S/C5H8O4.CH6N4/c6-4(7)2-1-3-5(8)9;2-1(3)5-4/h1-3H2,(H,6,7)(H,8,9);4H2,(H4,2,3,5). The van der Waals surface area contributed by atoms with E-state index < -0.39 is 11.9 Å². The van der Waals surface area contributed by atoms with E-state index in [2.05, 4.69) is 11.6 Å². The molecule has 82 valence electrons.